The monoisotopic (exact) mass is 461 g/mol. The van der Waals surface area contributed by atoms with Gasteiger partial charge in [-0.05, 0) is 54.9 Å². The van der Waals surface area contributed by atoms with E-state index in [0.29, 0.717) is 43.3 Å². The molecule has 2 aromatic rings. The molecule has 3 rings (SSSR count). The summed E-state index contributed by atoms with van der Waals surface area (Å²) >= 11 is 0. The van der Waals surface area contributed by atoms with Crippen LogP contribution in [0.3, 0.4) is 0 Å². The van der Waals surface area contributed by atoms with Gasteiger partial charge in [-0.3, -0.25) is 9.78 Å². The lowest BCUT2D eigenvalue weighted by atomic mass is 9.74. The van der Waals surface area contributed by atoms with Gasteiger partial charge < -0.3 is 15.4 Å². The second kappa shape index (κ2) is 10.6. The minimum Gasteiger partial charge on any atom is -0.383 e. The Morgan fingerprint density at radius 1 is 1.30 bits per heavy atom. The molecule has 0 saturated heterocycles. The number of hydrogen-bond donors (Lipinski definition) is 2. The Kier molecular flexibility index (Phi) is 7.87. The number of ether oxygens (including phenoxy) is 1. The molecule has 0 radical (unpaired) electrons. The largest absolute Gasteiger partial charge is 0.416 e. The lowest BCUT2D eigenvalue weighted by molar-refractivity contribution is -0.137. The fourth-order valence-corrected chi connectivity index (χ4v) is 4.09. The van der Waals surface area contributed by atoms with Crippen molar-refractivity contribution in [2.45, 2.75) is 44.3 Å². The number of pyridine rings is 2. The highest BCUT2D eigenvalue weighted by Crippen LogP contribution is 2.38. The van der Waals surface area contributed by atoms with Gasteiger partial charge in [-0.25, -0.2) is 4.98 Å². The molecule has 0 bridgehead atoms. The Labute approximate surface area is 190 Å². The molecule has 176 valence electrons. The molecule has 1 amide bonds. The summed E-state index contributed by atoms with van der Waals surface area (Å²) in [6.45, 7) is 3.11. The van der Waals surface area contributed by atoms with E-state index in [1.165, 1.54) is 0 Å². The van der Waals surface area contributed by atoms with E-state index in [9.17, 15) is 23.2 Å². The van der Waals surface area contributed by atoms with Crippen LogP contribution in [0.2, 0.25) is 0 Å². The van der Waals surface area contributed by atoms with Crippen LogP contribution < -0.4 is 10.6 Å². The van der Waals surface area contributed by atoms with E-state index in [1.54, 1.807) is 13.3 Å². The fourth-order valence-electron chi connectivity index (χ4n) is 4.09. The number of anilines is 1. The molecule has 0 spiro atoms. The Balaban J connectivity index is 1.71. The second-order valence-electron chi connectivity index (χ2n) is 8.19. The zero-order valence-electron chi connectivity index (χ0n) is 18.4. The van der Waals surface area contributed by atoms with Crippen LogP contribution in [-0.2, 0) is 10.9 Å². The molecule has 1 aliphatic rings. The number of rotatable bonds is 7. The molecular weight excluding hydrogens is 435 g/mol. The third-order valence-corrected chi connectivity index (χ3v) is 5.91. The molecule has 3 atom stereocenters. The average Bonchev–Trinajstić information content (AvgIpc) is 2.80. The van der Waals surface area contributed by atoms with Gasteiger partial charge in [-0.1, -0.05) is 6.92 Å². The standard InChI is InChI=1S/C23H26F3N5O2/c1-14-3-4-18(31-22(32)20-10-17(5-6-28-20)23(24,25)26)11-19(14)16-9-15(12-27)21(30-13-16)29-7-8-33-2/h5-6,9-10,13-14,18-19H,3-4,7-8,11H2,1-2H3,(H,29,30)(H,31,32). The average molecular weight is 461 g/mol. The van der Waals surface area contributed by atoms with Crippen molar-refractivity contribution in [1.82, 2.24) is 15.3 Å². The van der Waals surface area contributed by atoms with Crippen LogP contribution in [-0.4, -0.2) is 42.2 Å². The maximum absolute atomic E-state index is 12.9. The molecule has 33 heavy (non-hydrogen) atoms. The van der Waals surface area contributed by atoms with E-state index in [4.69, 9.17) is 4.74 Å². The van der Waals surface area contributed by atoms with Gasteiger partial charge in [-0.15, -0.1) is 0 Å². The van der Waals surface area contributed by atoms with E-state index in [2.05, 4.69) is 33.6 Å². The zero-order valence-corrected chi connectivity index (χ0v) is 18.4. The zero-order chi connectivity index (χ0) is 24.0. The number of carbonyl (C=O) groups is 1. The number of nitriles is 1. The van der Waals surface area contributed by atoms with Gasteiger partial charge >= 0.3 is 6.18 Å². The van der Waals surface area contributed by atoms with Gasteiger partial charge in [0.15, 0.2) is 0 Å². The summed E-state index contributed by atoms with van der Waals surface area (Å²) in [7, 11) is 1.59. The summed E-state index contributed by atoms with van der Waals surface area (Å²) < 4.78 is 43.9. The molecule has 1 saturated carbocycles. The maximum atomic E-state index is 12.9. The van der Waals surface area contributed by atoms with Gasteiger partial charge in [0.1, 0.15) is 17.6 Å². The van der Waals surface area contributed by atoms with Crippen LogP contribution in [0.1, 0.15) is 59.3 Å². The van der Waals surface area contributed by atoms with Crippen molar-refractivity contribution in [3.8, 4) is 6.07 Å². The molecular formula is C23H26F3N5O2. The van der Waals surface area contributed by atoms with Crippen LogP contribution >= 0.6 is 0 Å². The van der Waals surface area contributed by atoms with Crippen molar-refractivity contribution in [2.24, 2.45) is 5.92 Å². The van der Waals surface area contributed by atoms with Crippen molar-refractivity contribution >= 4 is 11.7 Å². The number of aromatic nitrogens is 2. The summed E-state index contributed by atoms with van der Waals surface area (Å²) in [4.78, 5) is 20.8. The first-order chi connectivity index (χ1) is 15.7. The third kappa shape index (κ3) is 6.20. The molecule has 2 aromatic heterocycles. The van der Waals surface area contributed by atoms with Crippen LogP contribution in [0.5, 0.6) is 0 Å². The Bertz CT molecular complexity index is 1020. The number of halogens is 3. The highest BCUT2D eigenvalue weighted by molar-refractivity contribution is 5.92. The van der Waals surface area contributed by atoms with Gasteiger partial charge in [0.2, 0.25) is 0 Å². The third-order valence-electron chi connectivity index (χ3n) is 5.91. The van der Waals surface area contributed by atoms with Crippen molar-refractivity contribution < 1.29 is 22.7 Å². The summed E-state index contributed by atoms with van der Waals surface area (Å²) in [5.41, 5.74) is 0.148. The van der Waals surface area contributed by atoms with Gasteiger partial charge in [-0.2, -0.15) is 18.4 Å². The smallest absolute Gasteiger partial charge is 0.383 e. The Morgan fingerprint density at radius 2 is 2.09 bits per heavy atom. The highest BCUT2D eigenvalue weighted by atomic mass is 19.4. The minimum absolute atomic E-state index is 0.0474. The number of methoxy groups -OCH3 is 1. The number of alkyl halides is 3. The van der Waals surface area contributed by atoms with Gasteiger partial charge in [0.25, 0.3) is 5.91 Å². The van der Waals surface area contributed by atoms with E-state index in [0.717, 1.165) is 30.3 Å². The van der Waals surface area contributed by atoms with E-state index >= 15 is 0 Å². The predicted molar refractivity (Wildman–Crippen MR) is 116 cm³/mol. The Hall–Kier alpha value is -3.19. The first-order valence-electron chi connectivity index (χ1n) is 10.7. The number of hydrogen-bond acceptors (Lipinski definition) is 6. The molecule has 10 heteroatoms. The summed E-state index contributed by atoms with van der Waals surface area (Å²) in [5, 5.41) is 15.4. The van der Waals surface area contributed by atoms with Crippen molar-refractivity contribution in [1.29, 1.82) is 5.26 Å². The topological polar surface area (TPSA) is 99.9 Å². The SMILES string of the molecule is COCCNc1ncc(C2CC(NC(=O)c3cc(C(F)(F)F)ccn3)CCC2C)cc1C#N. The van der Waals surface area contributed by atoms with Crippen LogP contribution in [0.4, 0.5) is 19.0 Å². The first kappa shape index (κ1) is 24.5. The van der Waals surface area contributed by atoms with Crippen molar-refractivity contribution in [2.75, 3.05) is 25.6 Å². The molecule has 7 nitrogen and oxygen atoms in total. The fraction of sp³-hybridized carbons (Fsp3) is 0.478. The number of amides is 1. The molecule has 2 heterocycles. The van der Waals surface area contributed by atoms with E-state index in [1.807, 2.05) is 6.07 Å². The van der Waals surface area contributed by atoms with Crippen LogP contribution in [0.15, 0.2) is 30.6 Å². The molecule has 2 N–H and O–H groups in total. The number of nitrogens with zero attached hydrogens (tertiary/aromatic N) is 3. The second-order valence-corrected chi connectivity index (χ2v) is 8.19. The van der Waals surface area contributed by atoms with Gasteiger partial charge in [0.05, 0.1) is 17.7 Å². The van der Waals surface area contributed by atoms with Crippen molar-refractivity contribution in [3.05, 3.63) is 53.0 Å². The molecule has 1 fully saturated rings. The first-order valence-corrected chi connectivity index (χ1v) is 10.7. The normalized spacial score (nSPS) is 20.7. The lowest BCUT2D eigenvalue weighted by Gasteiger charge is -2.35. The highest BCUT2D eigenvalue weighted by Gasteiger charge is 2.33. The van der Waals surface area contributed by atoms with E-state index < -0.39 is 17.6 Å². The number of nitrogens with one attached hydrogen (secondary N) is 2. The van der Waals surface area contributed by atoms with Crippen molar-refractivity contribution in [3.63, 3.8) is 0 Å². The molecule has 3 unspecified atom stereocenters. The number of carbonyl (C=O) groups excluding carboxylic acids is 1. The Morgan fingerprint density at radius 3 is 2.79 bits per heavy atom. The summed E-state index contributed by atoms with van der Waals surface area (Å²) in [6, 6.07) is 5.35. The molecule has 1 aliphatic carbocycles. The van der Waals surface area contributed by atoms with Crippen LogP contribution in [0, 0.1) is 17.2 Å². The predicted octanol–water partition coefficient (Wildman–Crippen LogP) is 4.13. The summed E-state index contributed by atoms with van der Waals surface area (Å²) in [6.07, 6.45) is 0.295. The molecule has 0 aliphatic heterocycles. The quantitative estimate of drug-likeness (QED) is 0.602. The van der Waals surface area contributed by atoms with E-state index in [-0.39, 0.29) is 17.7 Å². The minimum atomic E-state index is -4.54. The lowest BCUT2D eigenvalue weighted by Crippen LogP contribution is -2.40. The molecule has 0 aromatic carbocycles. The summed E-state index contributed by atoms with van der Waals surface area (Å²) in [5.74, 6) is 0.201. The van der Waals surface area contributed by atoms with Crippen LogP contribution in [0.25, 0.3) is 0 Å². The van der Waals surface area contributed by atoms with Gasteiger partial charge in [0, 0.05) is 32.1 Å². The maximum Gasteiger partial charge on any atom is 0.416 e.